The van der Waals surface area contributed by atoms with Gasteiger partial charge in [-0.15, -0.1) is 0 Å². The molecule has 0 amide bonds. The smallest absolute Gasteiger partial charge is 0.178 e. The van der Waals surface area contributed by atoms with Crippen LogP contribution in [-0.2, 0) is 9.84 Å². The molecule has 3 nitrogen and oxygen atoms in total. The summed E-state index contributed by atoms with van der Waals surface area (Å²) >= 11 is 5.87. The first-order valence-corrected chi connectivity index (χ1v) is 8.43. The van der Waals surface area contributed by atoms with E-state index in [-0.39, 0.29) is 11.8 Å². The third-order valence-electron chi connectivity index (χ3n) is 3.49. The fourth-order valence-electron chi connectivity index (χ4n) is 2.49. The standard InChI is InChI=1S/C15H14ClNO2S/c16-11-5-7-12(8-6-11)17-14-9-10-20(18,19)15-4-2-1-3-13(14)15/h1-8,14,17H,9-10H2. The van der Waals surface area contributed by atoms with Crippen molar-refractivity contribution in [2.75, 3.05) is 11.1 Å². The first kappa shape index (κ1) is 13.5. The van der Waals surface area contributed by atoms with Gasteiger partial charge in [0.15, 0.2) is 9.84 Å². The number of anilines is 1. The highest BCUT2D eigenvalue weighted by Crippen LogP contribution is 2.34. The van der Waals surface area contributed by atoms with Gasteiger partial charge in [-0.3, -0.25) is 0 Å². The summed E-state index contributed by atoms with van der Waals surface area (Å²) in [6.07, 6.45) is 0.571. The van der Waals surface area contributed by atoms with Gasteiger partial charge in [-0.05, 0) is 42.3 Å². The second-order valence-electron chi connectivity index (χ2n) is 4.85. The first-order valence-electron chi connectivity index (χ1n) is 6.40. The number of hydrogen-bond donors (Lipinski definition) is 1. The first-order chi connectivity index (χ1) is 9.56. The van der Waals surface area contributed by atoms with E-state index in [0.29, 0.717) is 16.3 Å². The van der Waals surface area contributed by atoms with E-state index in [9.17, 15) is 8.42 Å². The molecule has 0 bridgehead atoms. The van der Waals surface area contributed by atoms with E-state index in [0.717, 1.165) is 11.3 Å². The summed E-state index contributed by atoms with van der Waals surface area (Å²) < 4.78 is 24.1. The van der Waals surface area contributed by atoms with Gasteiger partial charge in [-0.1, -0.05) is 29.8 Å². The second kappa shape index (κ2) is 5.11. The topological polar surface area (TPSA) is 46.2 Å². The Bertz CT molecular complexity index is 726. The molecule has 1 heterocycles. The molecule has 0 fully saturated rings. The molecule has 3 rings (SSSR count). The fourth-order valence-corrected chi connectivity index (χ4v) is 4.23. The third-order valence-corrected chi connectivity index (χ3v) is 5.56. The summed E-state index contributed by atoms with van der Waals surface area (Å²) in [5.41, 5.74) is 1.78. The summed E-state index contributed by atoms with van der Waals surface area (Å²) in [6.45, 7) is 0. The second-order valence-corrected chi connectivity index (χ2v) is 7.36. The minimum absolute atomic E-state index is 0.0101. The molecule has 0 aliphatic carbocycles. The number of sulfone groups is 1. The number of halogens is 1. The monoisotopic (exact) mass is 307 g/mol. The molecule has 0 spiro atoms. The van der Waals surface area contributed by atoms with Gasteiger partial charge in [0.2, 0.25) is 0 Å². The molecule has 2 aromatic carbocycles. The predicted molar refractivity (Wildman–Crippen MR) is 80.9 cm³/mol. The number of fused-ring (bicyclic) bond motifs is 1. The predicted octanol–water partition coefficient (Wildman–Crippen LogP) is 3.67. The van der Waals surface area contributed by atoms with Crippen molar-refractivity contribution in [3.05, 3.63) is 59.1 Å². The highest BCUT2D eigenvalue weighted by atomic mass is 35.5. The van der Waals surface area contributed by atoms with Gasteiger partial charge >= 0.3 is 0 Å². The minimum atomic E-state index is -3.14. The maximum absolute atomic E-state index is 12.1. The van der Waals surface area contributed by atoms with Crippen molar-refractivity contribution in [2.24, 2.45) is 0 Å². The van der Waals surface area contributed by atoms with E-state index in [1.807, 2.05) is 36.4 Å². The van der Waals surface area contributed by atoms with E-state index in [1.54, 1.807) is 12.1 Å². The summed E-state index contributed by atoms with van der Waals surface area (Å²) in [5.74, 6) is 0.176. The molecular weight excluding hydrogens is 294 g/mol. The van der Waals surface area contributed by atoms with Crippen LogP contribution in [0.2, 0.25) is 5.02 Å². The lowest BCUT2D eigenvalue weighted by Gasteiger charge is -2.27. The van der Waals surface area contributed by atoms with Crippen LogP contribution < -0.4 is 5.32 Å². The number of benzene rings is 2. The summed E-state index contributed by atoms with van der Waals surface area (Å²) in [6, 6.07) is 14.6. The van der Waals surface area contributed by atoms with Crippen LogP contribution in [-0.4, -0.2) is 14.2 Å². The van der Waals surface area contributed by atoms with E-state index in [2.05, 4.69) is 5.32 Å². The van der Waals surface area contributed by atoms with E-state index >= 15 is 0 Å². The van der Waals surface area contributed by atoms with Crippen LogP contribution in [0, 0.1) is 0 Å². The highest BCUT2D eigenvalue weighted by molar-refractivity contribution is 7.91. The normalized spacial score (nSPS) is 20.1. The Hall–Kier alpha value is -1.52. The van der Waals surface area contributed by atoms with E-state index < -0.39 is 9.84 Å². The molecule has 2 aromatic rings. The molecule has 1 aliphatic rings. The molecule has 0 aromatic heterocycles. The van der Waals surface area contributed by atoms with Crippen molar-refractivity contribution in [1.29, 1.82) is 0 Å². The lowest BCUT2D eigenvalue weighted by molar-refractivity contribution is 0.576. The van der Waals surface area contributed by atoms with Crippen LogP contribution in [0.15, 0.2) is 53.4 Å². The van der Waals surface area contributed by atoms with E-state index in [1.165, 1.54) is 0 Å². The Kier molecular flexibility index (Phi) is 3.44. The van der Waals surface area contributed by atoms with Crippen molar-refractivity contribution < 1.29 is 8.42 Å². The Morgan fingerprint density at radius 3 is 2.50 bits per heavy atom. The highest BCUT2D eigenvalue weighted by Gasteiger charge is 2.29. The third kappa shape index (κ3) is 2.53. The van der Waals surface area contributed by atoms with Crippen molar-refractivity contribution >= 4 is 27.1 Å². The van der Waals surface area contributed by atoms with Crippen LogP contribution in [0.1, 0.15) is 18.0 Å². The molecule has 0 radical (unpaired) electrons. The largest absolute Gasteiger partial charge is 0.378 e. The van der Waals surface area contributed by atoms with Gasteiger partial charge in [-0.2, -0.15) is 0 Å². The van der Waals surface area contributed by atoms with Gasteiger partial charge in [0, 0.05) is 10.7 Å². The summed E-state index contributed by atoms with van der Waals surface area (Å²) in [4.78, 5) is 0.442. The zero-order valence-electron chi connectivity index (χ0n) is 10.7. The van der Waals surface area contributed by atoms with Crippen LogP contribution in [0.25, 0.3) is 0 Å². The van der Waals surface area contributed by atoms with Gasteiger partial charge in [-0.25, -0.2) is 8.42 Å². The van der Waals surface area contributed by atoms with Gasteiger partial charge in [0.1, 0.15) is 0 Å². The molecule has 1 aliphatic heterocycles. The Balaban J connectivity index is 1.94. The Morgan fingerprint density at radius 1 is 1.05 bits per heavy atom. The average Bonchev–Trinajstić information content (AvgIpc) is 2.45. The molecule has 104 valence electrons. The summed E-state index contributed by atoms with van der Waals surface area (Å²) in [5, 5.41) is 4.06. The molecule has 5 heteroatoms. The van der Waals surface area contributed by atoms with Crippen molar-refractivity contribution in [1.82, 2.24) is 0 Å². The van der Waals surface area contributed by atoms with Crippen molar-refractivity contribution in [2.45, 2.75) is 17.4 Å². The van der Waals surface area contributed by atoms with Crippen LogP contribution in [0.3, 0.4) is 0 Å². The molecule has 0 saturated heterocycles. The lowest BCUT2D eigenvalue weighted by Crippen LogP contribution is -2.24. The van der Waals surface area contributed by atoms with Gasteiger partial charge in [0.05, 0.1) is 16.7 Å². The van der Waals surface area contributed by atoms with Gasteiger partial charge < -0.3 is 5.32 Å². The molecular formula is C15H14ClNO2S. The van der Waals surface area contributed by atoms with Crippen LogP contribution in [0.4, 0.5) is 5.69 Å². The number of hydrogen-bond acceptors (Lipinski definition) is 3. The molecule has 1 N–H and O–H groups in total. The average molecular weight is 308 g/mol. The van der Waals surface area contributed by atoms with Gasteiger partial charge in [0.25, 0.3) is 0 Å². The number of rotatable bonds is 2. The molecule has 1 unspecified atom stereocenters. The van der Waals surface area contributed by atoms with E-state index in [4.69, 9.17) is 11.6 Å². The zero-order chi connectivity index (χ0) is 14.2. The molecule has 20 heavy (non-hydrogen) atoms. The fraction of sp³-hybridized carbons (Fsp3) is 0.200. The number of nitrogens with one attached hydrogen (secondary N) is 1. The van der Waals surface area contributed by atoms with Crippen LogP contribution in [0.5, 0.6) is 0 Å². The Morgan fingerprint density at radius 2 is 1.75 bits per heavy atom. The minimum Gasteiger partial charge on any atom is -0.378 e. The SMILES string of the molecule is O=S1(=O)CCC(Nc2ccc(Cl)cc2)c2ccccc21. The Labute approximate surface area is 123 Å². The van der Waals surface area contributed by atoms with Crippen molar-refractivity contribution in [3.63, 3.8) is 0 Å². The van der Waals surface area contributed by atoms with Crippen LogP contribution >= 0.6 is 11.6 Å². The van der Waals surface area contributed by atoms with Crippen molar-refractivity contribution in [3.8, 4) is 0 Å². The maximum atomic E-state index is 12.1. The molecule has 0 saturated carbocycles. The maximum Gasteiger partial charge on any atom is 0.178 e. The summed E-state index contributed by atoms with van der Waals surface area (Å²) in [7, 11) is -3.14. The molecule has 1 atom stereocenters. The zero-order valence-corrected chi connectivity index (χ0v) is 12.3. The lowest BCUT2D eigenvalue weighted by atomic mass is 10.0. The quantitative estimate of drug-likeness (QED) is 0.921.